The molecule has 0 amide bonds. The molecule has 0 bridgehead atoms. The summed E-state index contributed by atoms with van der Waals surface area (Å²) < 4.78 is 5.31. The summed E-state index contributed by atoms with van der Waals surface area (Å²) in [6, 6.07) is 4.56. The molecule has 0 saturated carbocycles. The zero-order valence-corrected chi connectivity index (χ0v) is 13.8. The average Bonchev–Trinajstić information content (AvgIpc) is 3.02. The lowest BCUT2D eigenvalue weighted by atomic mass is 10.2. The van der Waals surface area contributed by atoms with Gasteiger partial charge in [-0.1, -0.05) is 12.1 Å². The minimum atomic E-state index is 0.129. The van der Waals surface area contributed by atoms with Crippen LogP contribution < -0.4 is 5.32 Å². The molecular weight excluding hydrogens is 344 g/mol. The minimum absolute atomic E-state index is 0.129. The molecule has 3 aromatic heterocycles. The first-order valence-corrected chi connectivity index (χ1v) is 8.45. The second-order valence-electron chi connectivity index (χ2n) is 4.18. The Hall–Kier alpha value is -0.760. The molecule has 0 aliphatic rings. The number of aryl methyl sites for hydroxylation is 1. The fourth-order valence-corrected chi connectivity index (χ4v) is 4.86. The maximum atomic E-state index is 4.08. The Labute approximate surface area is 127 Å². The van der Waals surface area contributed by atoms with E-state index in [2.05, 4.69) is 56.0 Å². The lowest BCUT2D eigenvalue weighted by Crippen LogP contribution is -2.23. The van der Waals surface area contributed by atoms with E-state index in [-0.39, 0.29) is 6.04 Å². The van der Waals surface area contributed by atoms with Crippen LogP contribution in [0.3, 0.4) is 0 Å². The van der Waals surface area contributed by atoms with Crippen LogP contribution in [0.2, 0.25) is 0 Å². The molecule has 3 heterocycles. The highest BCUT2D eigenvalue weighted by molar-refractivity contribution is 9.10. The normalized spacial score (nSPS) is 13.2. The van der Waals surface area contributed by atoms with Gasteiger partial charge in [0, 0.05) is 21.3 Å². The van der Waals surface area contributed by atoms with E-state index in [0.29, 0.717) is 0 Å². The van der Waals surface area contributed by atoms with Gasteiger partial charge in [-0.05, 0) is 40.0 Å². The van der Waals surface area contributed by atoms with Gasteiger partial charge < -0.3 is 5.32 Å². The summed E-state index contributed by atoms with van der Waals surface area (Å²) in [4.78, 5) is 1.30. The SMILES string of the molecule is CCNC(c1cc2sccc2s1)c1c(Br)nnn1C. The Morgan fingerprint density at radius 3 is 2.95 bits per heavy atom. The summed E-state index contributed by atoms with van der Waals surface area (Å²) in [6.45, 7) is 3.01. The third-order valence-corrected chi connectivity index (χ3v) is 5.67. The van der Waals surface area contributed by atoms with Crippen LogP contribution in [0.5, 0.6) is 0 Å². The van der Waals surface area contributed by atoms with Crippen molar-refractivity contribution in [1.82, 2.24) is 20.3 Å². The number of thiophene rings is 2. The predicted molar refractivity (Wildman–Crippen MR) is 83.9 cm³/mol. The minimum Gasteiger partial charge on any atom is -0.305 e. The quantitative estimate of drug-likeness (QED) is 0.777. The Kier molecular flexibility index (Phi) is 3.70. The van der Waals surface area contributed by atoms with Gasteiger partial charge >= 0.3 is 0 Å². The van der Waals surface area contributed by atoms with Crippen LogP contribution in [-0.2, 0) is 7.05 Å². The first kappa shape index (κ1) is 13.2. The molecular formula is C12H13BrN4S2. The zero-order chi connectivity index (χ0) is 13.4. The molecule has 0 aliphatic carbocycles. The number of hydrogen-bond acceptors (Lipinski definition) is 5. The van der Waals surface area contributed by atoms with Crippen LogP contribution in [0.25, 0.3) is 9.40 Å². The number of nitrogens with zero attached hydrogens (tertiary/aromatic N) is 3. The second-order valence-corrected chi connectivity index (χ2v) is 6.99. The van der Waals surface area contributed by atoms with Crippen LogP contribution in [0.15, 0.2) is 22.1 Å². The first-order valence-electron chi connectivity index (χ1n) is 5.96. The highest BCUT2D eigenvalue weighted by Gasteiger charge is 2.23. The highest BCUT2D eigenvalue weighted by atomic mass is 79.9. The molecule has 0 saturated heterocycles. The van der Waals surface area contributed by atoms with E-state index in [0.717, 1.165) is 16.8 Å². The number of fused-ring (bicyclic) bond motifs is 1. The Morgan fingerprint density at radius 1 is 1.47 bits per heavy atom. The second kappa shape index (κ2) is 5.32. The van der Waals surface area contributed by atoms with Gasteiger partial charge in [0.1, 0.15) is 0 Å². The van der Waals surface area contributed by atoms with Gasteiger partial charge in [-0.2, -0.15) is 0 Å². The fraction of sp³-hybridized carbons (Fsp3) is 0.333. The number of aromatic nitrogens is 3. The van der Waals surface area contributed by atoms with Crippen molar-refractivity contribution in [3.63, 3.8) is 0 Å². The van der Waals surface area contributed by atoms with Gasteiger partial charge in [0.05, 0.1) is 11.7 Å². The molecule has 1 unspecified atom stereocenters. The molecule has 0 fully saturated rings. The van der Waals surface area contributed by atoms with Gasteiger partial charge in [-0.25, -0.2) is 4.68 Å². The van der Waals surface area contributed by atoms with E-state index in [9.17, 15) is 0 Å². The maximum Gasteiger partial charge on any atom is 0.153 e. The Morgan fingerprint density at radius 2 is 2.32 bits per heavy atom. The van der Waals surface area contributed by atoms with Crippen molar-refractivity contribution in [1.29, 1.82) is 0 Å². The van der Waals surface area contributed by atoms with Crippen LogP contribution in [0, 0.1) is 0 Å². The van der Waals surface area contributed by atoms with Crippen molar-refractivity contribution in [2.24, 2.45) is 7.05 Å². The summed E-state index contributed by atoms with van der Waals surface area (Å²) in [6.07, 6.45) is 0. The van der Waals surface area contributed by atoms with Crippen LogP contribution in [0.1, 0.15) is 23.5 Å². The smallest absolute Gasteiger partial charge is 0.153 e. The summed E-state index contributed by atoms with van der Waals surface area (Å²) in [7, 11) is 1.92. The van der Waals surface area contributed by atoms with Crippen molar-refractivity contribution in [2.45, 2.75) is 13.0 Å². The highest BCUT2D eigenvalue weighted by Crippen LogP contribution is 2.37. The average molecular weight is 357 g/mol. The van der Waals surface area contributed by atoms with Crippen molar-refractivity contribution in [3.05, 3.63) is 32.7 Å². The number of nitrogens with one attached hydrogen (secondary N) is 1. The van der Waals surface area contributed by atoms with E-state index in [1.54, 1.807) is 11.3 Å². The molecule has 1 N–H and O–H groups in total. The number of halogens is 1. The van der Waals surface area contributed by atoms with E-state index in [4.69, 9.17) is 0 Å². The van der Waals surface area contributed by atoms with Gasteiger partial charge in [0.25, 0.3) is 0 Å². The standard InChI is InChI=1S/C12H13BrN4S2/c1-3-14-10(11-12(13)15-16-17(11)2)9-6-8-7(19-9)4-5-18-8/h4-6,10,14H,3H2,1-2H3. The van der Waals surface area contributed by atoms with Gasteiger partial charge in [-0.15, -0.1) is 27.8 Å². The third kappa shape index (κ3) is 2.35. The van der Waals surface area contributed by atoms with Gasteiger partial charge in [0.15, 0.2) is 4.60 Å². The Balaban J connectivity index is 2.08. The van der Waals surface area contributed by atoms with E-state index in [1.807, 2.05) is 23.1 Å². The number of rotatable bonds is 4. The van der Waals surface area contributed by atoms with E-state index >= 15 is 0 Å². The lowest BCUT2D eigenvalue weighted by Gasteiger charge is -2.16. The summed E-state index contributed by atoms with van der Waals surface area (Å²) >= 11 is 7.10. The summed E-state index contributed by atoms with van der Waals surface area (Å²) in [5, 5.41) is 13.8. The van der Waals surface area contributed by atoms with Gasteiger partial charge in [-0.3, -0.25) is 0 Å². The van der Waals surface area contributed by atoms with Crippen molar-refractivity contribution in [3.8, 4) is 0 Å². The lowest BCUT2D eigenvalue weighted by molar-refractivity contribution is 0.573. The molecule has 0 aliphatic heterocycles. The van der Waals surface area contributed by atoms with E-state index in [1.165, 1.54) is 14.3 Å². The summed E-state index contributed by atoms with van der Waals surface area (Å²) in [5.74, 6) is 0. The maximum absolute atomic E-state index is 4.08. The molecule has 0 radical (unpaired) electrons. The topological polar surface area (TPSA) is 42.7 Å². The van der Waals surface area contributed by atoms with Crippen LogP contribution in [0.4, 0.5) is 0 Å². The van der Waals surface area contributed by atoms with Crippen LogP contribution in [-0.4, -0.2) is 21.5 Å². The molecule has 4 nitrogen and oxygen atoms in total. The van der Waals surface area contributed by atoms with Crippen LogP contribution >= 0.6 is 38.6 Å². The fourth-order valence-electron chi connectivity index (χ4n) is 2.11. The van der Waals surface area contributed by atoms with E-state index < -0.39 is 0 Å². The monoisotopic (exact) mass is 356 g/mol. The van der Waals surface area contributed by atoms with Gasteiger partial charge in [0.2, 0.25) is 0 Å². The molecule has 100 valence electrons. The summed E-state index contributed by atoms with van der Waals surface area (Å²) in [5.41, 5.74) is 1.07. The molecule has 19 heavy (non-hydrogen) atoms. The zero-order valence-electron chi connectivity index (χ0n) is 10.6. The number of hydrogen-bond donors (Lipinski definition) is 1. The van der Waals surface area contributed by atoms with Crippen molar-refractivity contribution in [2.75, 3.05) is 6.54 Å². The van der Waals surface area contributed by atoms with Crippen molar-refractivity contribution < 1.29 is 0 Å². The molecule has 1 atom stereocenters. The molecule has 0 aromatic carbocycles. The predicted octanol–water partition coefficient (Wildman–Crippen LogP) is 3.55. The molecule has 7 heteroatoms. The molecule has 3 aromatic rings. The molecule has 0 spiro atoms. The largest absolute Gasteiger partial charge is 0.305 e. The Bertz CT molecular complexity index is 652. The van der Waals surface area contributed by atoms with Crippen molar-refractivity contribution >= 4 is 48.0 Å². The third-order valence-electron chi connectivity index (χ3n) is 2.95. The molecule has 3 rings (SSSR count). The first-order chi connectivity index (χ1) is 9.20.